The number of thiazole rings is 1. The number of halogens is 1. The van der Waals surface area contributed by atoms with E-state index in [1.165, 1.54) is 11.3 Å². The van der Waals surface area contributed by atoms with Crippen LogP contribution in [0.25, 0.3) is 0 Å². The fourth-order valence-electron chi connectivity index (χ4n) is 0.782. The summed E-state index contributed by atoms with van der Waals surface area (Å²) in [7, 11) is 0. The molecule has 1 aromatic heterocycles. The molecule has 0 N–H and O–H groups in total. The lowest BCUT2D eigenvalue weighted by Gasteiger charge is -2.19. The van der Waals surface area contributed by atoms with Crippen LogP contribution in [0.5, 0.6) is 5.19 Å². The Morgan fingerprint density at radius 2 is 2.14 bits per heavy atom. The summed E-state index contributed by atoms with van der Waals surface area (Å²) in [6, 6.07) is 0. The molecule has 1 heterocycles. The Balaban J connectivity index is 2.16. The third kappa shape index (κ3) is 4.79. The van der Waals surface area contributed by atoms with Gasteiger partial charge in [0.15, 0.2) is 0 Å². The molecule has 0 atom stereocenters. The van der Waals surface area contributed by atoms with Crippen LogP contribution in [0, 0.1) is 0 Å². The highest BCUT2D eigenvalue weighted by Crippen LogP contribution is 2.21. The normalized spacial score (nSPS) is 11.7. The van der Waals surface area contributed by atoms with Gasteiger partial charge in [-0.3, -0.25) is 0 Å². The monoisotopic (exact) mass is 235 g/mol. The van der Waals surface area contributed by atoms with E-state index in [-0.39, 0.29) is 5.60 Å². The summed E-state index contributed by atoms with van der Waals surface area (Å²) >= 11 is 7.02. The lowest BCUT2D eigenvalue weighted by molar-refractivity contribution is -0.0163. The molecule has 0 spiro atoms. The van der Waals surface area contributed by atoms with Crippen LogP contribution in [0.2, 0.25) is 5.15 Å². The molecule has 0 aliphatic rings. The molecular weight excluding hydrogens is 222 g/mol. The second kappa shape index (κ2) is 4.96. The Labute approximate surface area is 93.0 Å². The first-order valence-electron chi connectivity index (χ1n) is 4.35. The minimum atomic E-state index is -0.121. The van der Waals surface area contributed by atoms with Gasteiger partial charge in [0.25, 0.3) is 5.19 Å². The van der Waals surface area contributed by atoms with Crippen molar-refractivity contribution in [3.63, 3.8) is 0 Å². The zero-order valence-corrected chi connectivity index (χ0v) is 10.1. The second-order valence-electron chi connectivity index (χ2n) is 3.75. The van der Waals surface area contributed by atoms with E-state index in [2.05, 4.69) is 4.98 Å². The van der Waals surface area contributed by atoms with E-state index in [4.69, 9.17) is 21.1 Å². The summed E-state index contributed by atoms with van der Waals surface area (Å²) in [4.78, 5) is 3.95. The molecule has 0 saturated carbocycles. The molecule has 0 unspecified atom stereocenters. The van der Waals surface area contributed by atoms with Crippen molar-refractivity contribution in [3.05, 3.63) is 10.5 Å². The smallest absolute Gasteiger partial charge is 0.274 e. The lowest BCUT2D eigenvalue weighted by Crippen LogP contribution is -2.22. The van der Waals surface area contributed by atoms with E-state index in [9.17, 15) is 0 Å². The van der Waals surface area contributed by atoms with Crippen LogP contribution in [0.1, 0.15) is 20.8 Å². The van der Waals surface area contributed by atoms with Gasteiger partial charge < -0.3 is 9.47 Å². The largest absolute Gasteiger partial charge is 0.468 e. The Hall–Kier alpha value is -0.320. The maximum Gasteiger partial charge on any atom is 0.274 e. The lowest BCUT2D eigenvalue weighted by atomic mass is 10.2. The first-order chi connectivity index (χ1) is 6.47. The standard InChI is InChI=1S/C9H14ClNO2S/c1-9(2,3)13-5-4-12-8-11-7(10)6-14-8/h6H,4-5H2,1-3H3. The predicted octanol–water partition coefficient (Wildman–Crippen LogP) is 2.99. The molecule has 0 radical (unpaired) electrons. The SMILES string of the molecule is CC(C)(C)OCCOc1nc(Cl)cs1. The maximum atomic E-state index is 5.63. The summed E-state index contributed by atoms with van der Waals surface area (Å²) in [5.41, 5.74) is -0.121. The van der Waals surface area contributed by atoms with Crippen LogP contribution in [0.3, 0.4) is 0 Å². The van der Waals surface area contributed by atoms with E-state index in [0.717, 1.165) is 0 Å². The number of ether oxygens (including phenoxy) is 2. The van der Waals surface area contributed by atoms with Crippen molar-refractivity contribution in [1.29, 1.82) is 0 Å². The van der Waals surface area contributed by atoms with Gasteiger partial charge in [0.05, 0.1) is 12.2 Å². The van der Waals surface area contributed by atoms with E-state index in [0.29, 0.717) is 23.6 Å². The molecule has 14 heavy (non-hydrogen) atoms. The molecule has 1 aromatic rings. The van der Waals surface area contributed by atoms with Crippen molar-refractivity contribution >= 4 is 22.9 Å². The molecule has 0 bridgehead atoms. The van der Waals surface area contributed by atoms with Crippen molar-refractivity contribution < 1.29 is 9.47 Å². The fourth-order valence-corrected chi connectivity index (χ4v) is 1.60. The van der Waals surface area contributed by atoms with Gasteiger partial charge >= 0.3 is 0 Å². The molecule has 0 saturated heterocycles. The number of nitrogens with zero attached hydrogens (tertiary/aromatic N) is 1. The quantitative estimate of drug-likeness (QED) is 0.752. The van der Waals surface area contributed by atoms with E-state index < -0.39 is 0 Å². The molecule has 0 aromatic carbocycles. The van der Waals surface area contributed by atoms with Crippen molar-refractivity contribution in [1.82, 2.24) is 4.98 Å². The van der Waals surface area contributed by atoms with E-state index in [1.54, 1.807) is 5.38 Å². The summed E-state index contributed by atoms with van der Waals surface area (Å²) < 4.78 is 10.8. The molecule has 0 fully saturated rings. The summed E-state index contributed by atoms with van der Waals surface area (Å²) in [5.74, 6) is 0. The second-order valence-corrected chi connectivity index (χ2v) is 4.95. The number of hydrogen-bond acceptors (Lipinski definition) is 4. The van der Waals surface area contributed by atoms with Crippen LogP contribution in [-0.2, 0) is 4.74 Å². The molecule has 80 valence electrons. The number of rotatable bonds is 4. The van der Waals surface area contributed by atoms with Crippen molar-refractivity contribution in [2.45, 2.75) is 26.4 Å². The minimum absolute atomic E-state index is 0.121. The van der Waals surface area contributed by atoms with Crippen LogP contribution in [0.4, 0.5) is 0 Å². The van der Waals surface area contributed by atoms with Gasteiger partial charge in [0, 0.05) is 5.38 Å². The topological polar surface area (TPSA) is 31.4 Å². The van der Waals surface area contributed by atoms with E-state index >= 15 is 0 Å². The third-order valence-electron chi connectivity index (χ3n) is 1.30. The average molecular weight is 236 g/mol. The molecule has 0 amide bonds. The van der Waals surface area contributed by atoms with Gasteiger partial charge in [-0.05, 0) is 20.8 Å². The zero-order chi connectivity index (χ0) is 10.6. The molecule has 1 rings (SSSR count). The Bertz CT molecular complexity index is 283. The van der Waals surface area contributed by atoms with Crippen LogP contribution < -0.4 is 4.74 Å². The van der Waals surface area contributed by atoms with Gasteiger partial charge in [-0.15, -0.1) is 0 Å². The van der Waals surface area contributed by atoms with Crippen LogP contribution in [0.15, 0.2) is 5.38 Å². The third-order valence-corrected chi connectivity index (χ3v) is 2.37. The first-order valence-corrected chi connectivity index (χ1v) is 5.61. The fraction of sp³-hybridized carbons (Fsp3) is 0.667. The Morgan fingerprint density at radius 3 is 2.64 bits per heavy atom. The molecule has 3 nitrogen and oxygen atoms in total. The molecule has 0 aliphatic heterocycles. The van der Waals surface area contributed by atoms with Crippen molar-refractivity contribution in [2.75, 3.05) is 13.2 Å². The highest BCUT2D eigenvalue weighted by atomic mass is 35.5. The molecular formula is C9H14ClNO2S. The van der Waals surface area contributed by atoms with Gasteiger partial charge in [-0.1, -0.05) is 22.9 Å². The van der Waals surface area contributed by atoms with Gasteiger partial charge in [0.2, 0.25) is 0 Å². The van der Waals surface area contributed by atoms with Crippen LogP contribution in [-0.4, -0.2) is 23.8 Å². The Kier molecular flexibility index (Phi) is 4.16. The maximum absolute atomic E-state index is 5.63. The average Bonchev–Trinajstić information content (AvgIpc) is 2.44. The highest BCUT2D eigenvalue weighted by molar-refractivity contribution is 7.11. The highest BCUT2D eigenvalue weighted by Gasteiger charge is 2.09. The zero-order valence-electron chi connectivity index (χ0n) is 8.54. The summed E-state index contributed by atoms with van der Waals surface area (Å²) in [6.45, 7) is 7.08. The van der Waals surface area contributed by atoms with Gasteiger partial charge in [0.1, 0.15) is 11.8 Å². The number of aromatic nitrogens is 1. The van der Waals surface area contributed by atoms with Gasteiger partial charge in [-0.25, -0.2) is 0 Å². The predicted molar refractivity (Wildman–Crippen MR) is 58.3 cm³/mol. The van der Waals surface area contributed by atoms with E-state index in [1.807, 2.05) is 20.8 Å². The molecule has 5 heteroatoms. The van der Waals surface area contributed by atoms with Crippen LogP contribution >= 0.6 is 22.9 Å². The summed E-state index contributed by atoms with van der Waals surface area (Å²) in [6.07, 6.45) is 0. The number of hydrogen-bond donors (Lipinski definition) is 0. The van der Waals surface area contributed by atoms with Crippen molar-refractivity contribution in [3.8, 4) is 5.19 Å². The summed E-state index contributed by atoms with van der Waals surface area (Å²) in [5, 5.41) is 2.80. The van der Waals surface area contributed by atoms with Crippen molar-refractivity contribution in [2.24, 2.45) is 0 Å². The molecule has 0 aliphatic carbocycles. The minimum Gasteiger partial charge on any atom is -0.468 e. The van der Waals surface area contributed by atoms with Gasteiger partial charge in [-0.2, -0.15) is 4.98 Å². The first kappa shape index (κ1) is 11.8. The Morgan fingerprint density at radius 1 is 1.43 bits per heavy atom.